The molecule has 0 N–H and O–H groups in total. The Balaban J connectivity index is 1.61. The van der Waals surface area contributed by atoms with Crippen LogP contribution in [-0.2, 0) is 4.79 Å². The zero-order valence-corrected chi connectivity index (χ0v) is 17.1. The standard InChI is InChI=1S/C20H10Cl3NO3S/c21-12-2-1-3-13(9-12)24-19(25)18(28-20(24)26)10-14-5-7-17(27-14)11-4-6-15(22)16(23)8-11/h1-10H/b18-10-. The lowest BCUT2D eigenvalue weighted by atomic mass is 10.2. The number of imide groups is 1. The monoisotopic (exact) mass is 449 g/mol. The molecule has 0 bridgehead atoms. The van der Waals surface area contributed by atoms with Crippen LogP contribution in [0.5, 0.6) is 0 Å². The van der Waals surface area contributed by atoms with Crippen LogP contribution in [0.15, 0.2) is 63.9 Å². The van der Waals surface area contributed by atoms with Gasteiger partial charge in [0, 0.05) is 16.7 Å². The maximum Gasteiger partial charge on any atom is 0.298 e. The number of carbonyl (C=O) groups excluding carboxylic acids is 2. The summed E-state index contributed by atoms with van der Waals surface area (Å²) >= 11 is 18.8. The zero-order valence-electron chi connectivity index (χ0n) is 14.0. The van der Waals surface area contributed by atoms with Gasteiger partial charge >= 0.3 is 0 Å². The van der Waals surface area contributed by atoms with Crippen molar-refractivity contribution in [3.8, 4) is 11.3 Å². The molecule has 2 aromatic carbocycles. The molecule has 0 saturated carbocycles. The Morgan fingerprint density at radius 1 is 0.929 bits per heavy atom. The second kappa shape index (κ2) is 7.68. The van der Waals surface area contributed by atoms with Crippen LogP contribution in [-0.4, -0.2) is 11.1 Å². The first-order valence-electron chi connectivity index (χ1n) is 8.01. The highest BCUT2D eigenvalue weighted by molar-refractivity contribution is 8.19. The van der Waals surface area contributed by atoms with E-state index in [2.05, 4.69) is 0 Å². The molecule has 28 heavy (non-hydrogen) atoms. The van der Waals surface area contributed by atoms with Crippen LogP contribution < -0.4 is 4.90 Å². The first kappa shape index (κ1) is 19.2. The first-order valence-corrected chi connectivity index (χ1v) is 9.96. The van der Waals surface area contributed by atoms with Crippen LogP contribution >= 0.6 is 46.6 Å². The largest absolute Gasteiger partial charge is 0.457 e. The van der Waals surface area contributed by atoms with Gasteiger partial charge in [0.15, 0.2) is 0 Å². The number of anilines is 1. The van der Waals surface area contributed by atoms with Gasteiger partial charge in [-0.25, -0.2) is 4.90 Å². The van der Waals surface area contributed by atoms with Gasteiger partial charge in [-0.2, -0.15) is 0 Å². The van der Waals surface area contributed by atoms with Gasteiger partial charge in [0.25, 0.3) is 11.1 Å². The smallest absolute Gasteiger partial charge is 0.298 e. The summed E-state index contributed by atoms with van der Waals surface area (Å²) in [4.78, 5) is 26.4. The van der Waals surface area contributed by atoms with Gasteiger partial charge in [0.05, 0.1) is 20.6 Å². The number of amides is 2. The third-order valence-electron chi connectivity index (χ3n) is 3.96. The van der Waals surface area contributed by atoms with Crippen molar-refractivity contribution in [2.45, 2.75) is 0 Å². The Morgan fingerprint density at radius 3 is 2.50 bits per heavy atom. The SMILES string of the molecule is O=C1S/C(=C\c2ccc(-c3ccc(Cl)c(Cl)c3)o2)C(=O)N1c1cccc(Cl)c1. The molecule has 0 spiro atoms. The lowest BCUT2D eigenvalue weighted by Crippen LogP contribution is -2.27. The van der Waals surface area contributed by atoms with Crippen molar-refractivity contribution in [3.63, 3.8) is 0 Å². The van der Waals surface area contributed by atoms with E-state index >= 15 is 0 Å². The van der Waals surface area contributed by atoms with Crippen molar-refractivity contribution in [3.05, 3.63) is 80.3 Å². The topological polar surface area (TPSA) is 50.5 Å². The van der Waals surface area contributed by atoms with E-state index in [1.54, 1.807) is 54.6 Å². The molecule has 0 unspecified atom stereocenters. The molecule has 1 aliphatic heterocycles. The normalized spacial score (nSPS) is 15.7. The number of carbonyl (C=O) groups is 2. The number of hydrogen-bond donors (Lipinski definition) is 0. The number of benzene rings is 2. The van der Waals surface area contributed by atoms with Gasteiger partial charge in [-0.3, -0.25) is 9.59 Å². The maximum atomic E-state index is 12.7. The Bertz CT molecular complexity index is 1140. The highest BCUT2D eigenvalue weighted by Crippen LogP contribution is 2.37. The van der Waals surface area contributed by atoms with E-state index in [-0.39, 0.29) is 4.91 Å². The van der Waals surface area contributed by atoms with Gasteiger partial charge in [-0.15, -0.1) is 0 Å². The molecule has 0 aliphatic carbocycles. The number of rotatable bonds is 3. The fraction of sp³-hybridized carbons (Fsp3) is 0. The average molecular weight is 451 g/mol. The van der Waals surface area contributed by atoms with Crippen molar-refractivity contribution in [1.29, 1.82) is 0 Å². The van der Waals surface area contributed by atoms with E-state index in [1.165, 1.54) is 6.08 Å². The first-order chi connectivity index (χ1) is 13.4. The van der Waals surface area contributed by atoms with Crippen molar-refractivity contribution in [1.82, 2.24) is 0 Å². The van der Waals surface area contributed by atoms with E-state index in [1.807, 2.05) is 0 Å². The summed E-state index contributed by atoms with van der Waals surface area (Å²) in [6.07, 6.45) is 1.54. The predicted molar refractivity (Wildman–Crippen MR) is 114 cm³/mol. The van der Waals surface area contributed by atoms with Crippen LogP contribution in [0.4, 0.5) is 10.5 Å². The van der Waals surface area contributed by atoms with E-state index < -0.39 is 11.1 Å². The summed E-state index contributed by atoms with van der Waals surface area (Å²) in [6, 6.07) is 15.2. The Kier molecular flexibility index (Phi) is 5.25. The minimum absolute atomic E-state index is 0.264. The number of furan rings is 1. The molecule has 1 aliphatic rings. The van der Waals surface area contributed by atoms with Gasteiger partial charge in [-0.1, -0.05) is 40.9 Å². The summed E-state index contributed by atoms with van der Waals surface area (Å²) < 4.78 is 5.78. The molecule has 4 nitrogen and oxygen atoms in total. The predicted octanol–water partition coefficient (Wildman–Crippen LogP) is 7.15. The molecule has 1 aromatic heterocycles. The maximum absolute atomic E-state index is 12.7. The molecule has 8 heteroatoms. The molecule has 4 rings (SSSR count). The highest BCUT2D eigenvalue weighted by Gasteiger charge is 2.36. The molecular weight excluding hydrogens is 441 g/mol. The van der Waals surface area contributed by atoms with Gasteiger partial charge < -0.3 is 4.42 Å². The Hall–Kier alpha value is -2.18. The number of halogens is 3. The van der Waals surface area contributed by atoms with Crippen molar-refractivity contribution < 1.29 is 14.0 Å². The summed E-state index contributed by atoms with van der Waals surface area (Å²) in [5, 5.41) is 0.916. The van der Waals surface area contributed by atoms with Crippen molar-refractivity contribution >= 4 is 69.5 Å². The van der Waals surface area contributed by atoms with Gasteiger partial charge in [0.2, 0.25) is 0 Å². The van der Waals surface area contributed by atoms with Gasteiger partial charge in [-0.05, 0) is 60.3 Å². The third kappa shape index (κ3) is 3.71. The zero-order chi connectivity index (χ0) is 19.8. The van der Waals surface area contributed by atoms with Crippen LogP contribution in [0.25, 0.3) is 17.4 Å². The second-order valence-corrected chi connectivity index (χ2v) is 8.07. The quantitative estimate of drug-likeness (QED) is 0.398. The number of nitrogens with zero attached hydrogens (tertiary/aromatic N) is 1. The molecule has 140 valence electrons. The van der Waals surface area contributed by atoms with Crippen molar-refractivity contribution in [2.24, 2.45) is 0 Å². The summed E-state index contributed by atoms with van der Waals surface area (Å²) in [5.74, 6) is 0.585. The molecular formula is C20H10Cl3NO3S. The Labute approximate surface area is 179 Å². The van der Waals surface area contributed by atoms with E-state index in [0.717, 1.165) is 22.2 Å². The second-order valence-electron chi connectivity index (χ2n) is 5.83. The van der Waals surface area contributed by atoms with Crippen LogP contribution in [0.3, 0.4) is 0 Å². The van der Waals surface area contributed by atoms with Crippen molar-refractivity contribution in [2.75, 3.05) is 4.90 Å². The molecule has 1 saturated heterocycles. The van der Waals surface area contributed by atoms with E-state index in [4.69, 9.17) is 39.2 Å². The Morgan fingerprint density at radius 2 is 1.75 bits per heavy atom. The summed E-state index contributed by atoms with van der Waals surface area (Å²) in [7, 11) is 0. The van der Waals surface area contributed by atoms with Gasteiger partial charge in [0.1, 0.15) is 11.5 Å². The molecule has 2 amide bonds. The average Bonchev–Trinajstić information content (AvgIpc) is 3.22. The molecule has 3 aromatic rings. The molecule has 1 fully saturated rings. The van der Waals surface area contributed by atoms with Crippen LogP contribution in [0.2, 0.25) is 15.1 Å². The lowest BCUT2D eigenvalue weighted by Gasteiger charge is -2.12. The fourth-order valence-electron chi connectivity index (χ4n) is 2.67. The fourth-order valence-corrected chi connectivity index (χ4v) is 3.97. The minimum Gasteiger partial charge on any atom is -0.457 e. The highest BCUT2D eigenvalue weighted by atomic mass is 35.5. The summed E-state index contributed by atoms with van der Waals surface area (Å²) in [6.45, 7) is 0. The van der Waals surface area contributed by atoms with E-state index in [9.17, 15) is 9.59 Å². The molecule has 0 atom stereocenters. The molecule has 0 radical (unpaired) electrons. The van der Waals surface area contributed by atoms with Crippen LogP contribution in [0, 0.1) is 0 Å². The van der Waals surface area contributed by atoms with E-state index in [0.29, 0.717) is 32.3 Å². The minimum atomic E-state index is -0.426. The molecule has 2 heterocycles. The van der Waals surface area contributed by atoms with Crippen LogP contribution in [0.1, 0.15) is 5.76 Å². The number of thioether (sulfide) groups is 1. The summed E-state index contributed by atoms with van der Waals surface area (Å²) in [5.41, 5.74) is 1.18. The third-order valence-corrected chi connectivity index (χ3v) is 5.81. The number of hydrogen-bond acceptors (Lipinski definition) is 4. The lowest BCUT2D eigenvalue weighted by molar-refractivity contribution is -0.113.